The highest BCUT2D eigenvalue weighted by Crippen LogP contribution is 2.20. The van der Waals surface area contributed by atoms with Crippen molar-refractivity contribution in [1.29, 1.82) is 0 Å². The quantitative estimate of drug-likeness (QED) is 0.721. The largest absolute Gasteiger partial charge is 0.497 e. The molecule has 2 amide bonds. The number of amides is 2. The van der Waals surface area contributed by atoms with Gasteiger partial charge in [0.1, 0.15) is 5.75 Å². The Morgan fingerprint density at radius 3 is 2.19 bits per heavy atom. The van der Waals surface area contributed by atoms with Crippen LogP contribution >= 0.6 is 0 Å². The molecule has 5 heteroatoms. The van der Waals surface area contributed by atoms with E-state index in [0.717, 1.165) is 0 Å². The molecule has 0 bridgehead atoms. The normalized spacial score (nSPS) is 16.4. The third-order valence-corrected chi connectivity index (χ3v) is 2.38. The minimum absolute atomic E-state index is 0.192. The van der Waals surface area contributed by atoms with Gasteiger partial charge in [0.2, 0.25) is 11.8 Å². The molecule has 84 valence electrons. The first kappa shape index (κ1) is 10.6. The van der Waals surface area contributed by atoms with E-state index in [9.17, 15) is 9.59 Å². The van der Waals surface area contributed by atoms with Gasteiger partial charge in [-0.1, -0.05) is 0 Å². The molecule has 0 atom stereocenters. The molecule has 5 nitrogen and oxygen atoms in total. The monoisotopic (exact) mass is 220 g/mol. The summed E-state index contributed by atoms with van der Waals surface area (Å²) < 4.78 is 5.01. The van der Waals surface area contributed by atoms with Gasteiger partial charge in [0.25, 0.3) is 0 Å². The molecule has 1 heterocycles. The Balaban J connectivity index is 2.27. The maximum Gasteiger partial charge on any atom is 0.247 e. The molecule has 1 N–H and O–H groups in total. The number of methoxy groups -OCH3 is 1. The van der Waals surface area contributed by atoms with Crippen LogP contribution in [0.3, 0.4) is 0 Å². The molecule has 0 aliphatic carbocycles. The fourth-order valence-electron chi connectivity index (χ4n) is 1.59. The summed E-state index contributed by atoms with van der Waals surface area (Å²) in [4.78, 5) is 24.3. The Morgan fingerprint density at radius 1 is 1.12 bits per heavy atom. The second-order valence-electron chi connectivity index (χ2n) is 3.42. The molecule has 1 aliphatic rings. The van der Waals surface area contributed by atoms with E-state index in [-0.39, 0.29) is 24.9 Å². The van der Waals surface area contributed by atoms with Crippen molar-refractivity contribution in [2.75, 3.05) is 25.1 Å². The van der Waals surface area contributed by atoms with Crippen molar-refractivity contribution in [3.05, 3.63) is 24.3 Å². The Kier molecular flexibility index (Phi) is 2.87. The lowest BCUT2D eigenvalue weighted by molar-refractivity contribution is -0.127. The number of carbonyl (C=O) groups excluding carboxylic acids is 2. The number of ether oxygens (including phenoxy) is 1. The number of imide groups is 1. The van der Waals surface area contributed by atoms with Crippen LogP contribution in [0.2, 0.25) is 0 Å². The second-order valence-corrected chi connectivity index (χ2v) is 3.42. The van der Waals surface area contributed by atoms with Crippen molar-refractivity contribution in [1.82, 2.24) is 5.32 Å². The van der Waals surface area contributed by atoms with E-state index in [1.807, 2.05) is 0 Å². The van der Waals surface area contributed by atoms with E-state index < -0.39 is 0 Å². The molecule has 16 heavy (non-hydrogen) atoms. The molecular weight excluding hydrogens is 208 g/mol. The van der Waals surface area contributed by atoms with Gasteiger partial charge in [-0.05, 0) is 24.3 Å². The van der Waals surface area contributed by atoms with Gasteiger partial charge in [0.05, 0.1) is 25.9 Å². The summed E-state index contributed by atoms with van der Waals surface area (Å²) >= 11 is 0. The fourth-order valence-corrected chi connectivity index (χ4v) is 1.59. The molecule has 1 aromatic rings. The van der Waals surface area contributed by atoms with Crippen molar-refractivity contribution < 1.29 is 14.3 Å². The summed E-state index contributed by atoms with van der Waals surface area (Å²) in [5.74, 6) is 0.224. The van der Waals surface area contributed by atoms with E-state index in [1.165, 1.54) is 4.90 Å². The first-order valence-electron chi connectivity index (χ1n) is 4.93. The average Bonchev–Trinajstić information content (AvgIpc) is 2.30. The van der Waals surface area contributed by atoms with Crippen molar-refractivity contribution in [2.24, 2.45) is 0 Å². The van der Waals surface area contributed by atoms with Gasteiger partial charge in [-0.15, -0.1) is 0 Å². The molecule has 1 saturated heterocycles. The van der Waals surface area contributed by atoms with Crippen LogP contribution in [0.4, 0.5) is 5.69 Å². The first-order valence-corrected chi connectivity index (χ1v) is 4.93. The Bertz CT molecular complexity index is 398. The second kappa shape index (κ2) is 4.32. The van der Waals surface area contributed by atoms with Crippen LogP contribution in [-0.4, -0.2) is 32.0 Å². The highest BCUT2D eigenvalue weighted by molar-refractivity contribution is 6.17. The highest BCUT2D eigenvalue weighted by atomic mass is 16.5. The zero-order valence-electron chi connectivity index (χ0n) is 8.90. The topological polar surface area (TPSA) is 58.6 Å². The number of hydrogen-bond donors (Lipinski definition) is 1. The van der Waals surface area contributed by atoms with Crippen LogP contribution in [0.1, 0.15) is 0 Å². The van der Waals surface area contributed by atoms with Gasteiger partial charge in [0, 0.05) is 0 Å². The molecule has 1 aromatic carbocycles. The van der Waals surface area contributed by atoms with Crippen LogP contribution in [0.15, 0.2) is 24.3 Å². The zero-order chi connectivity index (χ0) is 11.5. The van der Waals surface area contributed by atoms with E-state index in [4.69, 9.17) is 4.74 Å². The minimum atomic E-state index is -0.235. The van der Waals surface area contributed by atoms with Gasteiger partial charge in [-0.3, -0.25) is 14.9 Å². The number of carbonyl (C=O) groups is 2. The van der Waals surface area contributed by atoms with Crippen LogP contribution < -0.4 is 15.0 Å². The first-order chi connectivity index (χ1) is 7.72. The third-order valence-electron chi connectivity index (χ3n) is 2.38. The number of hydrogen-bond acceptors (Lipinski definition) is 4. The lowest BCUT2D eigenvalue weighted by Crippen LogP contribution is -2.52. The minimum Gasteiger partial charge on any atom is -0.497 e. The summed E-state index contributed by atoms with van der Waals surface area (Å²) in [6, 6.07) is 6.83. The van der Waals surface area contributed by atoms with Gasteiger partial charge in [0.15, 0.2) is 0 Å². The van der Waals surface area contributed by atoms with Crippen molar-refractivity contribution in [2.45, 2.75) is 0 Å². The van der Waals surface area contributed by atoms with E-state index >= 15 is 0 Å². The lowest BCUT2D eigenvalue weighted by Gasteiger charge is -2.25. The summed E-state index contributed by atoms with van der Waals surface area (Å²) in [6.45, 7) is 0.384. The Labute approximate surface area is 93.0 Å². The van der Waals surface area contributed by atoms with Crippen LogP contribution in [0, 0.1) is 0 Å². The lowest BCUT2D eigenvalue weighted by atomic mass is 10.2. The smallest absolute Gasteiger partial charge is 0.247 e. The summed E-state index contributed by atoms with van der Waals surface area (Å²) in [5, 5.41) is 2.74. The zero-order valence-corrected chi connectivity index (χ0v) is 8.90. The molecule has 0 saturated carbocycles. The number of nitrogens with one attached hydrogen (secondary N) is 1. The van der Waals surface area contributed by atoms with Crippen LogP contribution in [-0.2, 0) is 9.59 Å². The number of rotatable bonds is 2. The molecule has 0 spiro atoms. The number of nitrogens with zero attached hydrogens (tertiary/aromatic N) is 1. The van der Waals surface area contributed by atoms with Gasteiger partial charge in [-0.2, -0.15) is 0 Å². The summed E-state index contributed by atoms with van der Waals surface area (Å²) in [7, 11) is 1.57. The maximum absolute atomic E-state index is 11.6. The third kappa shape index (κ3) is 1.90. The molecule has 1 fully saturated rings. The molecule has 0 unspecified atom stereocenters. The van der Waals surface area contributed by atoms with Crippen LogP contribution in [0.25, 0.3) is 0 Å². The van der Waals surface area contributed by atoms with E-state index in [1.54, 1.807) is 31.4 Å². The van der Waals surface area contributed by atoms with Gasteiger partial charge >= 0.3 is 0 Å². The van der Waals surface area contributed by atoms with Crippen molar-refractivity contribution in [3.63, 3.8) is 0 Å². The van der Waals surface area contributed by atoms with Crippen molar-refractivity contribution >= 4 is 17.5 Å². The van der Waals surface area contributed by atoms with E-state index in [0.29, 0.717) is 11.4 Å². The predicted octanol–water partition coefficient (Wildman–Crippen LogP) is 0.158. The maximum atomic E-state index is 11.6. The van der Waals surface area contributed by atoms with E-state index in [2.05, 4.69) is 5.32 Å². The van der Waals surface area contributed by atoms with Gasteiger partial charge < -0.3 is 4.74 Å². The molecule has 0 radical (unpaired) electrons. The number of anilines is 1. The van der Waals surface area contributed by atoms with Crippen LogP contribution in [0.5, 0.6) is 5.75 Å². The van der Waals surface area contributed by atoms with Gasteiger partial charge in [-0.25, -0.2) is 4.90 Å². The van der Waals surface area contributed by atoms with Crippen molar-refractivity contribution in [3.8, 4) is 5.75 Å². The SMILES string of the molecule is COc1ccc(N2C(=O)CNCC2=O)cc1. The molecular formula is C11H12N2O3. The Hall–Kier alpha value is -1.88. The number of benzene rings is 1. The standard InChI is InChI=1S/C11H12N2O3/c1-16-9-4-2-8(3-5-9)13-10(14)6-12-7-11(13)15/h2-5,12H,6-7H2,1H3. The molecule has 2 rings (SSSR count). The summed E-state index contributed by atoms with van der Waals surface area (Å²) in [5.41, 5.74) is 0.581. The molecule has 0 aromatic heterocycles. The summed E-state index contributed by atoms with van der Waals surface area (Å²) in [6.07, 6.45) is 0. The predicted molar refractivity (Wildman–Crippen MR) is 58.4 cm³/mol. The Morgan fingerprint density at radius 2 is 1.69 bits per heavy atom. The highest BCUT2D eigenvalue weighted by Gasteiger charge is 2.26. The fraction of sp³-hybridized carbons (Fsp3) is 0.273. The average molecular weight is 220 g/mol. The number of piperazine rings is 1. The molecule has 1 aliphatic heterocycles.